The van der Waals surface area contributed by atoms with Crippen LogP contribution in [0.4, 0.5) is 5.69 Å². The van der Waals surface area contributed by atoms with E-state index in [0.29, 0.717) is 27.8 Å². The number of nitrogens with zero attached hydrogens (tertiary/aromatic N) is 1. The molecule has 0 heterocycles. The Hall–Kier alpha value is -3.75. The van der Waals surface area contributed by atoms with E-state index in [1.54, 1.807) is 48.5 Å². The predicted octanol–water partition coefficient (Wildman–Crippen LogP) is 5.47. The zero-order valence-corrected chi connectivity index (χ0v) is 17.0. The lowest BCUT2D eigenvalue weighted by Gasteiger charge is -2.12. The molecule has 0 unspecified atom stereocenters. The fourth-order valence-corrected chi connectivity index (χ4v) is 2.89. The topological polar surface area (TPSA) is 71.3 Å². The van der Waals surface area contributed by atoms with E-state index in [-0.39, 0.29) is 12.2 Å². The Balaban J connectivity index is 1.76. The Labute approximate surface area is 180 Å². The molecule has 0 radical (unpaired) electrons. The summed E-state index contributed by atoms with van der Waals surface area (Å²) >= 11 is 6.16. The van der Waals surface area contributed by atoms with Crippen LogP contribution < -0.4 is 14.8 Å². The Morgan fingerprint density at radius 2 is 1.80 bits per heavy atom. The number of nitrogens with one attached hydrogen (secondary N) is 1. The predicted molar refractivity (Wildman–Crippen MR) is 117 cm³/mol. The van der Waals surface area contributed by atoms with Crippen molar-refractivity contribution in [3.8, 4) is 17.6 Å². The number of amides is 1. The number of carbonyl (C=O) groups excluding carboxylic acids is 1. The molecule has 3 rings (SSSR count). The number of carbonyl (C=O) groups is 1. The van der Waals surface area contributed by atoms with Gasteiger partial charge in [-0.1, -0.05) is 54.1 Å². The molecule has 1 amide bonds. The van der Waals surface area contributed by atoms with Gasteiger partial charge in [-0.3, -0.25) is 4.79 Å². The van der Waals surface area contributed by atoms with E-state index in [1.165, 1.54) is 13.2 Å². The molecule has 0 aliphatic carbocycles. The van der Waals surface area contributed by atoms with Crippen molar-refractivity contribution in [2.75, 3.05) is 12.4 Å². The van der Waals surface area contributed by atoms with Crippen LogP contribution in [0.15, 0.2) is 78.4 Å². The van der Waals surface area contributed by atoms with Crippen molar-refractivity contribution in [3.63, 3.8) is 0 Å². The van der Waals surface area contributed by atoms with Gasteiger partial charge in [0, 0.05) is 16.3 Å². The van der Waals surface area contributed by atoms with E-state index in [2.05, 4.69) is 5.32 Å². The molecule has 3 aromatic carbocycles. The van der Waals surface area contributed by atoms with Gasteiger partial charge in [-0.15, -0.1) is 0 Å². The fourth-order valence-electron chi connectivity index (χ4n) is 2.70. The fraction of sp³-hybridized carbons (Fsp3) is 0.0833. The van der Waals surface area contributed by atoms with Crippen LogP contribution in [0.3, 0.4) is 0 Å². The molecule has 1 N–H and O–H groups in total. The molecular weight excluding hydrogens is 400 g/mol. The highest BCUT2D eigenvalue weighted by Crippen LogP contribution is 2.30. The second-order valence-corrected chi connectivity index (χ2v) is 6.69. The average molecular weight is 419 g/mol. The first-order chi connectivity index (χ1) is 14.6. The summed E-state index contributed by atoms with van der Waals surface area (Å²) in [5.41, 5.74) is 2.08. The first-order valence-corrected chi connectivity index (χ1v) is 9.51. The second-order valence-electron chi connectivity index (χ2n) is 6.28. The Morgan fingerprint density at radius 3 is 2.50 bits per heavy atom. The lowest BCUT2D eigenvalue weighted by atomic mass is 10.1. The van der Waals surface area contributed by atoms with Crippen molar-refractivity contribution in [1.29, 1.82) is 5.26 Å². The molecule has 0 bridgehead atoms. The summed E-state index contributed by atoms with van der Waals surface area (Å²) in [6, 6.07) is 23.5. The van der Waals surface area contributed by atoms with Gasteiger partial charge in [-0.05, 0) is 42.0 Å². The van der Waals surface area contributed by atoms with Gasteiger partial charge in [-0.25, -0.2) is 0 Å². The number of methoxy groups -OCH3 is 1. The third-order valence-electron chi connectivity index (χ3n) is 4.24. The normalized spacial score (nSPS) is 10.8. The zero-order chi connectivity index (χ0) is 21.3. The highest BCUT2D eigenvalue weighted by molar-refractivity contribution is 6.31. The largest absolute Gasteiger partial charge is 0.493 e. The third-order valence-corrected chi connectivity index (χ3v) is 4.61. The summed E-state index contributed by atoms with van der Waals surface area (Å²) in [4.78, 5) is 12.4. The van der Waals surface area contributed by atoms with Crippen molar-refractivity contribution in [1.82, 2.24) is 0 Å². The van der Waals surface area contributed by atoms with E-state index < -0.39 is 5.91 Å². The van der Waals surface area contributed by atoms with Gasteiger partial charge >= 0.3 is 0 Å². The summed E-state index contributed by atoms with van der Waals surface area (Å²) in [6.45, 7) is 0.286. The second kappa shape index (κ2) is 10.1. The first kappa shape index (κ1) is 21.0. The Bertz CT molecular complexity index is 1100. The van der Waals surface area contributed by atoms with E-state index in [1.807, 2.05) is 30.3 Å². The monoisotopic (exact) mass is 418 g/mol. The maximum absolute atomic E-state index is 12.4. The summed E-state index contributed by atoms with van der Waals surface area (Å²) in [5.74, 6) is 0.528. The summed E-state index contributed by atoms with van der Waals surface area (Å²) in [7, 11) is 1.53. The zero-order valence-electron chi connectivity index (χ0n) is 16.3. The minimum atomic E-state index is -0.485. The number of anilines is 1. The summed E-state index contributed by atoms with van der Waals surface area (Å²) in [6.07, 6.45) is 1.50. The highest BCUT2D eigenvalue weighted by atomic mass is 35.5. The number of halogens is 1. The highest BCUT2D eigenvalue weighted by Gasteiger charge is 2.11. The lowest BCUT2D eigenvalue weighted by Crippen LogP contribution is -2.13. The summed E-state index contributed by atoms with van der Waals surface area (Å²) < 4.78 is 11.2. The molecule has 0 atom stereocenters. The molecule has 150 valence electrons. The molecule has 0 aliphatic rings. The summed E-state index contributed by atoms with van der Waals surface area (Å²) in [5, 5.41) is 12.7. The van der Waals surface area contributed by atoms with Crippen molar-refractivity contribution in [2.45, 2.75) is 6.61 Å². The molecule has 0 aliphatic heterocycles. The molecule has 5 nitrogen and oxygen atoms in total. The molecule has 3 aromatic rings. The van der Waals surface area contributed by atoms with Gasteiger partial charge in [0.1, 0.15) is 18.2 Å². The molecule has 30 heavy (non-hydrogen) atoms. The number of rotatable bonds is 7. The van der Waals surface area contributed by atoms with E-state index in [4.69, 9.17) is 21.1 Å². The Kier molecular flexibility index (Phi) is 7.09. The van der Waals surface area contributed by atoms with Gasteiger partial charge in [0.2, 0.25) is 0 Å². The minimum absolute atomic E-state index is 0.0226. The van der Waals surface area contributed by atoms with Crippen LogP contribution >= 0.6 is 11.6 Å². The molecule has 0 spiro atoms. The van der Waals surface area contributed by atoms with E-state index >= 15 is 0 Å². The lowest BCUT2D eigenvalue weighted by molar-refractivity contribution is -0.112. The van der Waals surface area contributed by atoms with Gasteiger partial charge < -0.3 is 14.8 Å². The van der Waals surface area contributed by atoms with Crippen LogP contribution in [0.25, 0.3) is 6.08 Å². The van der Waals surface area contributed by atoms with Crippen molar-refractivity contribution in [3.05, 3.63) is 94.5 Å². The maximum Gasteiger partial charge on any atom is 0.266 e. The van der Waals surface area contributed by atoms with Gasteiger partial charge in [0.05, 0.1) is 7.11 Å². The minimum Gasteiger partial charge on any atom is -0.493 e. The first-order valence-electron chi connectivity index (χ1n) is 9.13. The van der Waals surface area contributed by atoms with Crippen LogP contribution in [0.1, 0.15) is 11.1 Å². The Morgan fingerprint density at radius 1 is 1.07 bits per heavy atom. The number of ether oxygens (including phenoxy) is 2. The molecule has 0 saturated heterocycles. The van der Waals surface area contributed by atoms with Crippen molar-refractivity contribution >= 4 is 29.3 Å². The number of hydrogen-bond acceptors (Lipinski definition) is 4. The van der Waals surface area contributed by atoms with E-state index in [0.717, 1.165) is 5.56 Å². The van der Waals surface area contributed by atoms with Crippen LogP contribution in [0, 0.1) is 11.3 Å². The van der Waals surface area contributed by atoms with Crippen molar-refractivity contribution in [2.24, 2.45) is 0 Å². The van der Waals surface area contributed by atoms with Gasteiger partial charge in [-0.2, -0.15) is 5.26 Å². The molecule has 0 saturated carbocycles. The average Bonchev–Trinajstić information content (AvgIpc) is 2.77. The standard InChI is InChI=1S/C24H19ClN2O3/c1-29-23-14-17(11-12-22(23)30-16-18-7-5-6-10-21(18)25)13-19(15-26)24(28)27-20-8-3-2-4-9-20/h2-14H,16H2,1H3,(H,27,28)/b19-13-. The number of benzene rings is 3. The number of nitriles is 1. The molecule has 0 aromatic heterocycles. The van der Waals surface area contributed by atoms with Gasteiger partial charge in [0.25, 0.3) is 5.91 Å². The SMILES string of the molecule is COc1cc(/C=C(/C#N)C(=O)Nc2ccccc2)ccc1OCc1ccccc1Cl. The number of para-hydroxylation sites is 1. The van der Waals surface area contributed by atoms with Crippen LogP contribution in [0.5, 0.6) is 11.5 Å². The molecule has 0 fully saturated rings. The van der Waals surface area contributed by atoms with Crippen LogP contribution in [-0.4, -0.2) is 13.0 Å². The third kappa shape index (κ3) is 5.40. The quantitative estimate of drug-likeness (QED) is 0.407. The molecule has 6 heteroatoms. The van der Waals surface area contributed by atoms with Crippen LogP contribution in [-0.2, 0) is 11.4 Å². The van der Waals surface area contributed by atoms with Gasteiger partial charge in [0.15, 0.2) is 11.5 Å². The van der Waals surface area contributed by atoms with Crippen LogP contribution in [0.2, 0.25) is 5.02 Å². The number of hydrogen-bond donors (Lipinski definition) is 1. The van der Waals surface area contributed by atoms with Crippen molar-refractivity contribution < 1.29 is 14.3 Å². The smallest absolute Gasteiger partial charge is 0.266 e. The maximum atomic E-state index is 12.4. The molecular formula is C24H19ClN2O3. The van der Waals surface area contributed by atoms with E-state index in [9.17, 15) is 10.1 Å².